The van der Waals surface area contributed by atoms with E-state index in [1.165, 1.54) is 23.3 Å². The Morgan fingerprint density at radius 1 is 1.14 bits per heavy atom. The summed E-state index contributed by atoms with van der Waals surface area (Å²) in [7, 11) is 0. The summed E-state index contributed by atoms with van der Waals surface area (Å²) < 4.78 is 13.2. The molecule has 2 aliphatic rings. The van der Waals surface area contributed by atoms with Crippen LogP contribution >= 0.6 is 11.6 Å². The number of nitrogens with one attached hydrogen (secondary N) is 1. The van der Waals surface area contributed by atoms with Crippen LogP contribution in [0.1, 0.15) is 35.1 Å². The maximum atomic E-state index is 13.2. The maximum absolute atomic E-state index is 13.2. The highest BCUT2D eigenvalue weighted by molar-refractivity contribution is 6.32. The molecule has 0 saturated heterocycles. The van der Waals surface area contributed by atoms with Gasteiger partial charge in [-0.05, 0) is 48.6 Å². The van der Waals surface area contributed by atoms with Crippen LogP contribution in [0.25, 0.3) is 0 Å². The van der Waals surface area contributed by atoms with Crippen molar-refractivity contribution in [3.8, 4) is 0 Å². The van der Waals surface area contributed by atoms with E-state index in [4.69, 9.17) is 11.6 Å². The quantitative estimate of drug-likeness (QED) is 0.674. The first kappa shape index (κ1) is 13.8. The Kier molecular flexibility index (Phi) is 3.23. The van der Waals surface area contributed by atoms with Gasteiger partial charge in [0.2, 0.25) is 0 Å². The smallest absolute Gasteiger partial charge is 0.123 e. The van der Waals surface area contributed by atoms with Gasteiger partial charge in [0.15, 0.2) is 0 Å². The number of anilines is 1. The zero-order chi connectivity index (χ0) is 15.3. The minimum absolute atomic E-state index is 0.185. The third-order valence-electron chi connectivity index (χ3n) is 4.90. The number of fused-ring (bicyclic) bond motifs is 3. The van der Waals surface area contributed by atoms with Gasteiger partial charge in [-0.3, -0.25) is 0 Å². The summed E-state index contributed by atoms with van der Waals surface area (Å²) in [6.45, 7) is 2.10. The standard InChI is InChI=1S/C19H17ClFN/c1-11-5-10-16(20)17-14-3-2-4-15(14)19(22-18(11)17)12-6-8-13(21)9-7-12/h2-3,5-10,14-15,19,22H,4H2,1H3. The number of rotatable bonds is 1. The third kappa shape index (κ3) is 2.05. The lowest BCUT2D eigenvalue weighted by molar-refractivity contribution is 0.425. The van der Waals surface area contributed by atoms with E-state index in [-0.39, 0.29) is 11.9 Å². The molecule has 2 aromatic rings. The zero-order valence-electron chi connectivity index (χ0n) is 12.3. The Labute approximate surface area is 134 Å². The van der Waals surface area contributed by atoms with E-state index in [0.717, 1.165) is 22.7 Å². The molecule has 0 saturated carbocycles. The topological polar surface area (TPSA) is 12.0 Å². The van der Waals surface area contributed by atoms with Crippen LogP contribution in [-0.2, 0) is 0 Å². The lowest BCUT2D eigenvalue weighted by Crippen LogP contribution is -2.29. The number of benzene rings is 2. The molecule has 0 bridgehead atoms. The van der Waals surface area contributed by atoms with E-state index in [0.29, 0.717) is 11.8 Å². The van der Waals surface area contributed by atoms with Gasteiger partial charge < -0.3 is 5.32 Å². The Bertz CT molecular complexity index is 751. The van der Waals surface area contributed by atoms with Gasteiger partial charge in [0, 0.05) is 22.2 Å². The van der Waals surface area contributed by atoms with Crippen molar-refractivity contribution in [1.29, 1.82) is 0 Å². The predicted molar refractivity (Wildman–Crippen MR) is 88.9 cm³/mol. The minimum Gasteiger partial charge on any atom is -0.377 e. The number of aryl methyl sites for hydroxylation is 1. The first-order chi connectivity index (χ1) is 10.6. The fourth-order valence-electron chi connectivity index (χ4n) is 3.81. The molecule has 0 fully saturated rings. The van der Waals surface area contributed by atoms with Gasteiger partial charge in [-0.15, -0.1) is 0 Å². The molecule has 22 heavy (non-hydrogen) atoms. The molecular formula is C19H17ClFN. The Morgan fingerprint density at radius 2 is 1.91 bits per heavy atom. The second-order valence-corrected chi connectivity index (χ2v) is 6.59. The van der Waals surface area contributed by atoms with E-state index in [9.17, 15) is 4.39 Å². The van der Waals surface area contributed by atoms with Crippen molar-refractivity contribution in [2.75, 3.05) is 5.32 Å². The van der Waals surface area contributed by atoms with E-state index >= 15 is 0 Å². The van der Waals surface area contributed by atoms with Gasteiger partial charge in [0.25, 0.3) is 0 Å². The summed E-state index contributed by atoms with van der Waals surface area (Å²) in [5.41, 5.74) is 4.67. The number of halogens is 2. The first-order valence-corrected chi connectivity index (χ1v) is 8.00. The summed E-state index contributed by atoms with van der Waals surface area (Å²) in [5, 5.41) is 4.49. The minimum atomic E-state index is -0.194. The van der Waals surface area contributed by atoms with Crippen LogP contribution in [0.4, 0.5) is 10.1 Å². The lowest BCUT2D eigenvalue weighted by Gasteiger charge is -2.38. The molecule has 3 unspecified atom stereocenters. The SMILES string of the molecule is Cc1ccc(Cl)c2c1NC(c1ccc(F)cc1)C1CC=CC21. The van der Waals surface area contributed by atoms with Crippen molar-refractivity contribution >= 4 is 17.3 Å². The molecule has 0 aromatic heterocycles. The van der Waals surface area contributed by atoms with Crippen LogP contribution in [0.15, 0.2) is 48.6 Å². The number of allylic oxidation sites excluding steroid dienone is 2. The van der Waals surface area contributed by atoms with Gasteiger partial charge >= 0.3 is 0 Å². The highest BCUT2D eigenvalue weighted by Gasteiger charge is 2.39. The second kappa shape index (κ2) is 5.13. The second-order valence-electron chi connectivity index (χ2n) is 6.18. The molecule has 3 atom stereocenters. The van der Waals surface area contributed by atoms with Gasteiger partial charge in [-0.1, -0.05) is 42.0 Å². The van der Waals surface area contributed by atoms with E-state index in [1.807, 2.05) is 18.2 Å². The van der Waals surface area contributed by atoms with Crippen molar-refractivity contribution in [1.82, 2.24) is 0 Å². The summed E-state index contributed by atoms with van der Waals surface area (Å²) in [6, 6.07) is 11.1. The summed E-state index contributed by atoms with van der Waals surface area (Å²) >= 11 is 6.47. The Morgan fingerprint density at radius 3 is 2.68 bits per heavy atom. The van der Waals surface area contributed by atoms with E-state index in [2.05, 4.69) is 30.5 Å². The van der Waals surface area contributed by atoms with Crippen LogP contribution in [0.2, 0.25) is 5.02 Å². The van der Waals surface area contributed by atoms with Crippen molar-refractivity contribution < 1.29 is 4.39 Å². The molecule has 0 spiro atoms. The number of hydrogen-bond acceptors (Lipinski definition) is 1. The molecule has 1 heterocycles. The van der Waals surface area contributed by atoms with Crippen molar-refractivity contribution in [3.63, 3.8) is 0 Å². The maximum Gasteiger partial charge on any atom is 0.123 e. The summed E-state index contributed by atoms with van der Waals surface area (Å²) in [5.74, 6) is 0.566. The van der Waals surface area contributed by atoms with Crippen molar-refractivity contribution in [2.24, 2.45) is 5.92 Å². The molecule has 0 amide bonds. The van der Waals surface area contributed by atoms with Crippen molar-refractivity contribution in [3.05, 3.63) is 76.1 Å². The normalized spacial score (nSPS) is 25.5. The van der Waals surface area contributed by atoms with Gasteiger partial charge in [0.05, 0.1) is 6.04 Å². The zero-order valence-corrected chi connectivity index (χ0v) is 13.1. The monoisotopic (exact) mass is 313 g/mol. The van der Waals surface area contributed by atoms with Crippen LogP contribution in [0.5, 0.6) is 0 Å². The molecule has 2 aromatic carbocycles. The molecular weight excluding hydrogens is 297 g/mol. The fourth-order valence-corrected chi connectivity index (χ4v) is 4.09. The van der Waals surface area contributed by atoms with Crippen molar-refractivity contribution in [2.45, 2.75) is 25.3 Å². The molecule has 1 aliphatic heterocycles. The Balaban J connectivity index is 1.84. The van der Waals surface area contributed by atoms with Crippen LogP contribution in [0.3, 0.4) is 0 Å². The summed E-state index contributed by atoms with van der Waals surface area (Å²) in [6.07, 6.45) is 5.52. The van der Waals surface area contributed by atoms with Gasteiger partial charge in [-0.2, -0.15) is 0 Å². The molecule has 1 aliphatic carbocycles. The van der Waals surface area contributed by atoms with Crippen LogP contribution < -0.4 is 5.32 Å². The molecule has 1 nitrogen and oxygen atoms in total. The fraction of sp³-hybridized carbons (Fsp3) is 0.263. The Hall–Kier alpha value is -1.80. The third-order valence-corrected chi connectivity index (χ3v) is 5.23. The van der Waals surface area contributed by atoms with Crippen LogP contribution in [-0.4, -0.2) is 0 Å². The summed E-state index contributed by atoms with van der Waals surface area (Å²) in [4.78, 5) is 0. The highest BCUT2D eigenvalue weighted by atomic mass is 35.5. The molecule has 1 N–H and O–H groups in total. The van der Waals surface area contributed by atoms with Crippen LogP contribution in [0, 0.1) is 18.7 Å². The van der Waals surface area contributed by atoms with Gasteiger partial charge in [0.1, 0.15) is 5.82 Å². The van der Waals surface area contributed by atoms with E-state index in [1.54, 1.807) is 0 Å². The predicted octanol–water partition coefficient (Wildman–Crippen LogP) is 5.61. The first-order valence-electron chi connectivity index (χ1n) is 7.63. The molecule has 112 valence electrons. The molecule has 4 rings (SSSR count). The average molecular weight is 314 g/mol. The lowest BCUT2D eigenvalue weighted by atomic mass is 9.76. The average Bonchev–Trinajstić information content (AvgIpc) is 3.00. The largest absolute Gasteiger partial charge is 0.377 e. The highest BCUT2D eigenvalue weighted by Crippen LogP contribution is 2.52. The van der Waals surface area contributed by atoms with Gasteiger partial charge in [-0.25, -0.2) is 4.39 Å². The number of hydrogen-bond donors (Lipinski definition) is 1. The van der Waals surface area contributed by atoms with E-state index < -0.39 is 0 Å². The molecule has 0 radical (unpaired) electrons. The molecule has 3 heteroatoms.